The van der Waals surface area contributed by atoms with Crippen LogP contribution < -0.4 is 16.0 Å². The van der Waals surface area contributed by atoms with E-state index >= 15 is 0 Å². The number of likely N-dealkylation sites (N-methyl/N-ethyl adjacent to an activating group) is 3. The average Bonchev–Trinajstić information content (AvgIpc) is 3.78. The maximum Gasteiger partial charge on any atom is 0.403 e. The summed E-state index contributed by atoms with van der Waals surface area (Å²) in [5.41, 5.74) is -2.28. The van der Waals surface area contributed by atoms with Gasteiger partial charge in [-0.1, -0.05) is 37.0 Å². The molecule has 376 valence electrons. The number of methoxy groups -OCH3 is 2. The number of likely N-dealkylation sites (tertiary alicyclic amines) is 1. The van der Waals surface area contributed by atoms with Crippen LogP contribution in [0, 0.1) is 11.3 Å². The van der Waals surface area contributed by atoms with Crippen molar-refractivity contribution in [2.75, 3.05) is 74.9 Å². The Morgan fingerprint density at radius 3 is 2.24 bits per heavy atom. The van der Waals surface area contributed by atoms with E-state index < -0.39 is 102 Å². The Morgan fingerprint density at radius 1 is 0.940 bits per heavy atom. The number of carbonyl (C=O) groups is 7. The molecule has 22 heteroatoms. The minimum atomic E-state index is -4.89. The van der Waals surface area contributed by atoms with Crippen molar-refractivity contribution in [3.05, 3.63) is 33.8 Å². The summed E-state index contributed by atoms with van der Waals surface area (Å²) in [6, 6.07) is -2.83. The van der Waals surface area contributed by atoms with Crippen LogP contribution in [0.25, 0.3) is 0 Å². The van der Waals surface area contributed by atoms with Crippen LogP contribution in [0.5, 0.6) is 0 Å². The third kappa shape index (κ3) is 13.9. The minimum Gasteiger partial charge on any atom is -0.385 e. The van der Waals surface area contributed by atoms with E-state index in [1.54, 1.807) is 25.2 Å². The lowest BCUT2D eigenvalue weighted by atomic mass is 9.77. The second-order valence-electron chi connectivity index (χ2n) is 18.0. The van der Waals surface area contributed by atoms with Gasteiger partial charge in [-0.15, -0.1) is 0 Å². The first-order valence-electron chi connectivity index (χ1n) is 22.6. The van der Waals surface area contributed by atoms with E-state index in [2.05, 4.69) is 16.0 Å². The predicted molar refractivity (Wildman–Crippen MR) is 242 cm³/mol. The fourth-order valence-electron chi connectivity index (χ4n) is 8.90. The van der Waals surface area contributed by atoms with Crippen LogP contribution >= 0.6 is 23.2 Å². The lowest BCUT2D eigenvalue weighted by Crippen LogP contribution is -2.61. The zero-order valence-corrected chi connectivity index (χ0v) is 40.9. The van der Waals surface area contributed by atoms with E-state index in [-0.39, 0.29) is 89.0 Å². The Balaban J connectivity index is 1.68. The van der Waals surface area contributed by atoms with E-state index in [4.69, 9.17) is 37.4 Å². The Morgan fingerprint density at radius 2 is 1.61 bits per heavy atom. The van der Waals surface area contributed by atoms with Gasteiger partial charge in [-0.2, -0.15) is 13.2 Å². The Labute approximate surface area is 400 Å². The van der Waals surface area contributed by atoms with Crippen LogP contribution in [0.3, 0.4) is 0 Å². The van der Waals surface area contributed by atoms with Crippen LogP contribution in [-0.2, 0) is 54.2 Å². The second-order valence-corrected chi connectivity index (χ2v) is 18.9. The number of nitrogens with one attached hydrogen (secondary N) is 3. The van der Waals surface area contributed by atoms with Crippen molar-refractivity contribution in [3.8, 4) is 0 Å². The van der Waals surface area contributed by atoms with Crippen molar-refractivity contribution in [1.82, 2.24) is 35.6 Å². The molecule has 0 radical (unpaired) electrons. The van der Waals surface area contributed by atoms with Crippen molar-refractivity contribution in [2.45, 2.75) is 120 Å². The number of halogens is 5. The molecule has 0 bridgehead atoms. The Bertz CT molecular complexity index is 1920. The summed E-state index contributed by atoms with van der Waals surface area (Å²) in [6.07, 6.45) is -5.18. The smallest absolute Gasteiger partial charge is 0.385 e. The summed E-state index contributed by atoms with van der Waals surface area (Å²) in [5.74, 6) is -5.47. The molecule has 1 aromatic rings. The molecule has 67 heavy (non-hydrogen) atoms. The molecule has 7 amide bonds. The molecule has 0 aromatic heterocycles. The van der Waals surface area contributed by atoms with E-state index in [0.717, 1.165) is 9.80 Å². The lowest BCUT2D eigenvalue weighted by molar-refractivity contribution is -0.245. The quantitative estimate of drug-likeness (QED) is 0.249. The van der Waals surface area contributed by atoms with Crippen LogP contribution in [0.15, 0.2) is 18.2 Å². The lowest BCUT2D eigenvalue weighted by Gasteiger charge is -2.41. The first-order chi connectivity index (χ1) is 31.6. The molecule has 0 spiro atoms. The Kier molecular flexibility index (Phi) is 20.5. The number of rotatable bonds is 14. The van der Waals surface area contributed by atoms with Gasteiger partial charge in [0.05, 0.1) is 6.61 Å². The second kappa shape index (κ2) is 24.9. The molecule has 3 aliphatic heterocycles. The van der Waals surface area contributed by atoms with Gasteiger partial charge in [0.2, 0.25) is 41.4 Å². The third-order valence-corrected chi connectivity index (χ3v) is 13.5. The number of nitrogens with zero attached hydrogens (tertiary/aromatic N) is 4. The van der Waals surface area contributed by atoms with Crippen molar-refractivity contribution < 1.29 is 60.9 Å². The highest BCUT2D eigenvalue weighted by atomic mass is 35.5. The molecule has 3 N–H and O–H groups in total. The normalized spacial score (nSPS) is 24.3. The highest BCUT2D eigenvalue weighted by Crippen LogP contribution is 2.48. The molecule has 3 saturated heterocycles. The summed E-state index contributed by atoms with van der Waals surface area (Å²) >= 11 is 12.8. The van der Waals surface area contributed by atoms with Gasteiger partial charge >= 0.3 is 6.18 Å². The molecule has 6 atom stereocenters. The largest absolute Gasteiger partial charge is 0.403 e. The van der Waals surface area contributed by atoms with Crippen LogP contribution in [-0.4, -0.2) is 178 Å². The molecule has 0 unspecified atom stereocenters. The fourth-order valence-corrected chi connectivity index (χ4v) is 9.29. The van der Waals surface area contributed by atoms with E-state index in [9.17, 15) is 46.7 Å². The SMILES string of the molecule is COCC[C@H](NC(=O)[C@@H]1CCCN1C(=O)C1(C(F)(F)F)CCOCC1)C(=O)N(C)[C@H]1CCCCN(C)C(=O)[C@@H](COC)NC(=O)[C@H](Cc2cc(Cl)ccc2Cl)N(C)C(=O)[C@H](CC(C)C)NC1=O. The standard InChI is InChI=1S/C45H66Cl2F3N7O10/c1-27(2)23-32-42(63)56(5)36(25-28-24-29(46)13-14-30(28)47)39(60)53-33(26-66-7)40(61)54(3)18-9-8-11-34(37(58)52-32)55(4)41(62)31(15-20-65-6)51-38(59)35-12-10-19-57(35)43(64)44(45(48,49)50)16-21-67-22-17-44/h13-14,24,27,31-36H,8-12,15-23,25-26H2,1-7H3,(H,51,59)(H,52,58)(H,53,60)/t31-,32-,33+,34-,35-,36-/m0/s1. The molecule has 1 aromatic carbocycles. The summed E-state index contributed by atoms with van der Waals surface area (Å²) in [6.45, 7) is 3.01. The van der Waals surface area contributed by atoms with Gasteiger partial charge in [0, 0.05) is 84.7 Å². The van der Waals surface area contributed by atoms with Gasteiger partial charge in [0.1, 0.15) is 41.7 Å². The molecule has 3 heterocycles. The van der Waals surface area contributed by atoms with Gasteiger partial charge in [-0.3, -0.25) is 33.6 Å². The Hall–Kier alpha value is -4.24. The van der Waals surface area contributed by atoms with Crippen molar-refractivity contribution >= 4 is 64.6 Å². The number of alkyl halides is 3. The molecular weight excluding hydrogens is 926 g/mol. The van der Waals surface area contributed by atoms with E-state index in [1.807, 2.05) is 13.8 Å². The van der Waals surface area contributed by atoms with Gasteiger partial charge in [0.25, 0.3) is 0 Å². The summed E-state index contributed by atoms with van der Waals surface area (Å²) < 4.78 is 59.5. The third-order valence-electron chi connectivity index (χ3n) is 12.9. The zero-order valence-electron chi connectivity index (χ0n) is 39.3. The van der Waals surface area contributed by atoms with Crippen molar-refractivity contribution in [1.29, 1.82) is 0 Å². The van der Waals surface area contributed by atoms with Crippen molar-refractivity contribution in [3.63, 3.8) is 0 Å². The summed E-state index contributed by atoms with van der Waals surface area (Å²) in [4.78, 5) is 104. The first kappa shape index (κ1) is 55.4. The highest BCUT2D eigenvalue weighted by Gasteiger charge is 2.62. The van der Waals surface area contributed by atoms with E-state index in [1.165, 1.54) is 38.1 Å². The van der Waals surface area contributed by atoms with Crippen LogP contribution in [0.1, 0.15) is 77.2 Å². The summed E-state index contributed by atoms with van der Waals surface area (Å²) in [7, 11) is 7.07. The van der Waals surface area contributed by atoms with Crippen LogP contribution in [0.2, 0.25) is 10.0 Å². The maximum absolute atomic E-state index is 14.6. The molecule has 3 aliphatic rings. The fraction of sp³-hybridized carbons (Fsp3) is 0.711. The van der Waals surface area contributed by atoms with Gasteiger partial charge in [-0.05, 0) is 87.5 Å². The molecule has 0 aliphatic carbocycles. The number of hydrogen-bond donors (Lipinski definition) is 3. The topological polar surface area (TPSA) is 196 Å². The maximum atomic E-state index is 14.6. The number of carbonyl (C=O) groups excluding carboxylic acids is 7. The zero-order chi connectivity index (χ0) is 49.8. The van der Waals surface area contributed by atoms with E-state index in [0.29, 0.717) is 23.4 Å². The minimum absolute atomic E-state index is 0.0389. The number of amides is 7. The monoisotopic (exact) mass is 991 g/mol. The summed E-state index contributed by atoms with van der Waals surface area (Å²) in [5, 5.41) is 8.87. The van der Waals surface area contributed by atoms with Gasteiger partial charge in [0.15, 0.2) is 0 Å². The molecule has 3 fully saturated rings. The number of hydrogen-bond acceptors (Lipinski definition) is 10. The van der Waals surface area contributed by atoms with Gasteiger partial charge in [-0.25, -0.2) is 0 Å². The first-order valence-corrected chi connectivity index (χ1v) is 23.4. The van der Waals surface area contributed by atoms with Crippen molar-refractivity contribution in [2.24, 2.45) is 11.3 Å². The molecular formula is C45H66Cl2F3N7O10. The number of ether oxygens (including phenoxy) is 3. The van der Waals surface area contributed by atoms with Crippen LogP contribution in [0.4, 0.5) is 13.2 Å². The predicted octanol–water partition coefficient (Wildman–Crippen LogP) is 3.37. The molecule has 17 nitrogen and oxygen atoms in total. The molecule has 0 saturated carbocycles. The van der Waals surface area contributed by atoms with Gasteiger partial charge < -0.3 is 49.8 Å². The molecule has 4 rings (SSSR count). The average molecular weight is 993 g/mol. The number of benzene rings is 1. The highest BCUT2D eigenvalue weighted by molar-refractivity contribution is 6.33.